The van der Waals surface area contributed by atoms with Gasteiger partial charge in [-0.15, -0.1) is 11.3 Å². The van der Waals surface area contributed by atoms with Crippen LogP contribution in [0.25, 0.3) is 10.9 Å². The second-order valence-electron chi connectivity index (χ2n) is 4.37. The summed E-state index contributed by atoms with van der Waals surface area (Å²) in [5.74, 6) is 0.0350. The molecule has 1 aromatic carbocycles. The number of carbonyl (C=O) groups is 1. The molecule has 3 rings (SSSR count). The molecule has 3 aromatic rings. The van der Waals surface area contributed by atoms with E-state index >= 15 is 0 Å². The lowest BCUT2D eigenvalue weighted by Crippen LogP contribution is -2.02. The molecule has 0 bridgehead atoms. The summed E-state index contributed by atoms with van der Waals surface area (Å²) in [6.07, 6.45) is 3.77. The van der Waals surface area contributed by atoms with E-state index in [9.17, 15) is 4.79 Å². The normalized spacial score (nSPS) is 10.6. The molecule has 5 heteroatoms. The van der Waals surface area contributed by atoms with Gasteiger partial charge in [-0.25, -0.2) is 4.98 Å². The van der Waals surface area contributed by atoms with Gasteiger partial charge in [0.25, 0.3) is 0 Å². The maximum Gasteiger partial charge on any atom is 0.171 e. The van der Waals surface area contributed by atoms with Crippen LogP contribution in [0.2, 0.25) is 0 Å². The van der Waals surface area contributed by atoms with E-state index in [-0.39, 0.29) is 12.3 Å². The highest BCUT2D eigenvalue weighted by molar-refractivity contribution is 7.09. The van der Waals surface area contributed by atoms with Crippen molar-refractivity contribution in [1.29, 1.82) is 5.26 Å². The predicted octanol–water partition coefficient (Wildman–Crippen LogP) is 3.05. The van der Waals surface area contributed by atoms with Crippen LogP contribution < -0.4 is 0 Å². The third-order valence-electron chi connectivity index (χ3n) is 3.13. The molecule has 20 heavy (non-hydrogen) atoms. The topological polar surface area (TPSA) is 58.7 Å². The van der Waals surface area contributed by atoms with Crippen molar-refractivity contribution in [2.24, 2.45) is 0 Å². The minimum Gasteiger partial charge on any atom is -0.333 e. The molecule has 0 atom stereocenters. The van der Waals surface area contributed by atoms with Gasteiger partial charge in [0, 0.05) is 34.2 Å². The van der Waals surface area contributed by atoms with Crippen LogP contribution in [0.1, 0.15) is 15.4 Å². The first-order valence-corrected chi connectivity index (χ1v) is 7.04. The molecule has 0 saturated carbocycles. The van der Waals surface area contributed by atoms with Crippen LogP contribution in [-0.4, -0.2) is 15.3 Å². The van der Waals surface area contributed by atoms with Gasteiger partial charge in [0.15, 0.2) is 5.78 Å². The van der Waals surface area contributed by atoms with Crippen LogP contribution in [0, 0.1) is 11.3 Å². The second-order valence-corrected chi connectivity index (χ2v) is 5.35. The quantitative estimate of drug-likeness (QED) is 0.691. The lowest BCUT2D eigenvalue weighted by atomic mass is 10.1. The van der Waals surface area contributed by atoms with Crippen molar-refractivity contribution in [1.82, 2.24) is 9.55 Å². The van der Waals surface area contributed by atoms with Crippen LogP contribution in [0.3, 0.4) is 0 Å². The van der Waals surface area contributed by atoms with Crippen LogP contribution in [0.5, 0.6) is 0 Å². The summed E-state index contributed by atoms with van der Waals surface area (Å²) in [7, 11) is 0. The van der Waals surface area contributed by atoms with Crippen molar-refractivity contribution in [2.75, 3.05) is 0 Å². The number of benzene rings is 1. The van der Waals surface area contributed by atoms with Crippen molar-refractivity contribution in [3.8, 4) is 6.07 Å². The van der Waals surface area contributed by atoms with Crippen LogP contribution in [0.4, 0.5) is 0 Å². The zero-order valence-corrected chi connectivity index (χ0v) is 11.4. The Morgan fingerprint density at radius 1 is 1.40 bits per heavy atom. The number of ketones is 1. The van der Waals surface area contributed by atoms with Gasteiger partial charge in [0.2, 0.25) is 0 Å². The molecule has 2 heterocycles. The molecule has 0 amide bonds. The molecule has 98 valence electrons. The minimum absolute atomic E-state index is 0.0350. The average molecular weight is 281 g/mol. The zero-order chi connectivity index (χ0) is 13.9. The zero-order valence-electron chi connectivity index (χ0n) is 10.6. The number of nitriles is 1. The molecule has 0 aliphatic carbocycles. The van der Waals surface area contributed by atoms with Crippen molar-refractivity contribution in [3.05, 3.63) is 52.6 Å². The molecule has 4 nitrogen and oxygen atoms in total. The van der Waals surface area contributed by atoms with Crippen molar-refractivity contribution in [3.63, 3.8) is 0 Å². The highest BCUT2D eigenvalue weighted by Crippen LogP contribution is 2.23. The van der Waals surface area contributed by atoms with E-state index in [1.165, 1.54) is 11.3 Å². The number of rotatable bonds is 4. The maximum absolute atomic E-state index is 12.4. The number of fused-ring (bicyclic) bond motifs is 1. The molecule has 0 spiro atoms. The monoisotopic (exact) mass is 281 g/mol. The van der Waals surface area contributed by atoms with Crippen molar-refractivity contribution < 1.29 is 4.79 Å². The summed E-state index contributed by atoms with van der Waals surface area (Å²) in [5.41, 5.74) is 1.57. The Morgan fingerprint density at radius 2 is 2.25 bits per heavy atom. The van der Waals surface area contributed by atoms with Crippen LogP contribution in [0.15, 0.2) is 42.0 Å². The summed E-state index contributed by atoms with van der Waals surface area (Å²) in [5, 5.41) is 12.4. The molecular weight excluding hydrogens is 270 g/mol. The largest absolute Gasteiger partial charge is 0.333 e. The van der Waals surface area contributed by atoms with E-state index in [1.807, 2.05) is 34.2 Å². The van der Waals surface area contributed by atoms with E-state index in [4.69, 9.17) is 5.26 Å². The number of thiazole rings is 1. The number of para-hydroxylation sites is 1. The van der Waals surface area contributed by atoms with Gasteiger partial charge in [0.1, 0.15) is 11.6 Å². The second kappa shape index (κ2) is 5.27. The van der Waals surface area contributed by atoms with Gasteiger partial charge in [-0.05, 0) is 6.07 Å². The van der Waals surface area contributed by atoms with Gasteiger partial charge in [-0.3, -0.25) is 4.79 Å². The van der Waals surface area contributed by atoms with Crippen molar-refractivity contribution in [2.45, 2.75) is 13.0 Å². The number of hydrogen-bond acceptors (Lipinski definition) is 4. The van der Waals surface area contributed by atoms with E-state index < -0.39 is 0 Å². The van der Waals surface area contributed by atoms with Gasteiger partial charge >= 0.3 is 0 Å². The molecule has 2 aromatic heterocycles. The summed E-state index contributed by atoms with van der Waals surface area (Å²) in [6, 6.07) is 9.76. The Morgan fingerprint density at radius 3 is 3.00 bits per heavy atom. The van der Waals surface area contributed by atoms with Crippen molar-refractivity contribution >= 4 is 28.0 Å². The maximum atomic E-state index is 12.4. The Hall–Kier alpha value is -2.45. The Bertz CT molecular complexity index is 796. The van der Waals surface area contributed by atoms with Crippen LogP contribution in [-0.2, 0) is 13.0 Å². The smallest absolute Gasteiger partial charge is 0.171 e. The summed E-state index contributed by atoms with van der Waals surface area (Å²) >= 11 is 1.48. The highest BCUT2D eigenvalue weighted by Gasteiger charge is 2.15. The fourth-order valence-electron chi connectivity index (χ4n) is 2.25. The number of aromatic nitrogens is 2. The Balaban J connectivity index is 2.03. The minimum atomic E-state index is 0.0350. The fraction of sp³-hybridized carbons (Fsp3) is 0.133. The SMILES string of the molecule is N#CCn1cc(C(=O)Cc2nccs2)c2ccccc21. The molecule has 0 saturated heterocycles. The highest BCUT2D eigenvalue weighted by atomic mass is 32.1. The number of carbonyl (C=O) groups excluding carboxylic acids is 1. The van der Waals surface area contributed by atoms with Gasteiger partial charge in [0.05, 0.1) is 12.5 Å². The van der Waals surface area contributed by atoms with Crippen LogP contribution >= 0.6 is 11.3 Å². The molecule has 0 aliphatic rings. The predicted molar refractivity (Wildman–Crippen MR) is 77.7 cm³/mol. The summed E-state index contributed by atoms with van der Waals surface area (Å²) < 4.78 is 1.81. The molecular formula is C15H11N3OS. The molecule has 0 N–H and O–H groups in total. The first kappa shape index (κ1) is 12.6. The first-order chi connectivity index (χ1) is 9.79. The van der Waals surface area contributed by atoms with E-state index in [2.05, 4.69) is 11.1 Å². The molecule has 0 fully saturated rings. The number of nitrogens with zero attached hydrogens (tertiary/aromatic N) is 3. The fourth-order valence-corrected chi connectivity index (χ4v) is 2.86. The summed E-state index contributed by atoms with van der Waals surface area (Å²) in [6.45, 7) is 0.241. The third-order valence-corrected chi connectivity index (χ3v) is 3.90. The first-order valence-electron chi connectivity index (χ1n) is 6.16. The molecule has 0 radical (unpaired) electrons. The lowest BCUT2D eigenvalue weighted by Gasteiger charge is -1.96. The number of hydrogen-bond donors (Lipinski definition) is 0. The van der Waals surface area contributed by atoms with E-state index in [0.717, 1.165) is 15.9 Å². The standard InChI is InChI=1S/C15H11N3OS/c16-5-7-18-10-12(11-3-1-2-4-13(11)18)14(19)9-15-17-6-8-20-15/h1-4,6,8,10H,7,9H2. The van der Waals surface area contributed by atoms with Gasteiger partial charge in [-0.1, -0.05) is 18.2 Å². The Kier molecular flexibility index (Phi) is 3.32. The lowest BCUT2D eigenvalue weighted by molar-refractivity contribution is 0.0994. The molecule has 0 unspecified atom stereocenters. The van der Waals surface area contributed by atoms with Gasteiger partial charge in [-0.2, -0.15) is 5.26 Å². The third kappa shape index (κ3) is 2.22. The summed E-state index contributed by atoms with van der Waals surface area (Å²) in [4.78, 5) is 16.6. The van der Waals surface area contributed by atoms with E-state index in [1.54, 1.807) is 12.4 Å². The average Bonchev–Trinajstić information content (AvgIpc) is 3.08. The van der Waals surface area contributed by atoms with Gasteiger partial charge < -0.3 is 4.57 Å². The van der Waals surface area contributed by atoms with E-state index in [0.29, 0.717) is 12.0 Å². The number of Topliss-reactive ketones (excluding diaryl/α,β-unsaturated/α-hetero) is 1. The molecule has 0 aliphatic heterocycles. The Labute approximate surface area is 119 Å².